The molecule has 0 saturated carbocycles. The molecule has 1 nitrogen and oxygen atoms in total. The molecule has 2 aromatic carbocycles. The van der Waals surface area contributed by atoms with Gasteiger partial charge in [-0.1, -0.05) is 78.3 Å². The number of aryl methyl sites for hydroxylation is 1. The Hall–Kier alpha value is -1.41. The van der Waals surface area contributed by atoms with Crippen LogP contribution >= 0.6 is 15.9 Å². The number of hydrogen-bond donors (Lipinski definition) is 0. The zero-order valence-electron chi connectivity index (χ0n) is 13.3. The Morgan fingerprint density at radius 3 is 2.41 bits per heavy atom. The summed E-state index contributed by atoms with van der Waals surface area (Å²) in [6.45, 7) is 6.57. The highest BCUT2D eigenvalue weighted by atomic mass is 79.9. The molecule has 0 saturated heterocycles. The third-order valence-electron chi connectivity index (χ3n) is 4.76. The van der Waals surface area contributed by atoms with E-state index in [9.17, 15) is 4.79 Å². The Morgan fingerprint density at radius 2 is 1.68 bits per heavy atom. The zero-order valence-corrected chi connectivity index (χ0v) is 14.9. The summed E-state index contributed by atoms with van der Waals surface area (Å²) in [5.41, 5.74) is 4.49. The minimum absolute atomic E-state index is 0.0172. The summed E-state index contributed by atoms with van der Waals surface area (Å²) in [6.07, 6.45) is 1.54. The van der Waals surface area contributed by atoms with Crippen molar-refractivity contribution in [1.82, 2.24) is 0 Å². The molecule has 2 heteroatoms. The fourth-order valence-corrected chi connectivity index (χ4v) is 4.86. The van der Waals surface area contributed by atoms with Crippen LogP contribution in [0.4, 0.5) is 0 Å². The summed E-state index contributed by atoms with van der Waals surface area (Å²) in [6, 6.07) is 16.4. The van der Waals surface area contributed by atoms with Gasteiger partial charge in [0.25, 0.3) is 0 Å². The molecular weight excluding hydrogens is 336 g/mol. The second kappa shape index (κ2) is 5.34. The Balaban J connectivity index is 2.05. The molecule has 1 unspecified atom stereocenters. The van der Waals surface area contributed by atoms with Gasteiger partial charge >= 0.3 is 0 Å². The fourth-order valence-electron chi connectivity index (χ4n) is 3.64. The first-order valence-electron chi connectivity index (χ1n) is 7.71. The molecule has 0 spiro atoms. The molecule has 0 N–H and O–H groups in total. The average Bonchev–Trinajstić information content (AvgIpc) is 2.47. The minimum atomic E-state index is -0.517. The van der Waals surface area contributed by atoms with Gasteiger partial charge in [-0.2, -0.15) is 0 Å². The van der Waals surface area contributed by atoms with E-state index in [0.717, 1.165) is 18.4 Å². The number of rotatable bonds is 2. The molecule has 2 aromatic rings. The van der Waals surface area contributed by atoms with E-state index < -0.39 is 4.32 Å². The summed E-state index contributed by atoms with van der Waals surface area (Å²) in [4.78, 5) is 13.1. The van der Waals surface area contributed by atoms with E-state index in [1.807, 2.05) is 30.3 Å². The molecule has 3 rings (SSSR count). The number of fused-ring (bicyclic) bond motifs is 1. The number of hydrogen-bond acceptors (Lipinski definition) is 1. The number of carbonyl (C=O) groups excluding carboxylic acids is 1. The van der Waals surface area contributed by atoms with Crippen LogP contribution in [0.2, 0.25) is 0 Å². The van der Waals surface area contributed by atoms with E-state index in [1.165, 1.54) is 16.7 Å². The van der Waals surface area contributed by atoms with Gasteiger partial charge in [-0.15, -0.1) is 0 Å². The van der Waals surface area contributed by atoms with Crippen molar-refractivity contribution in [3.8, 4) is 0 Å². The lowest BCUT2D eigenvalue weighted by atomic mass is 9.66. The first-order chi connectivity index (χ1) is 10.3. The molecule has 1 atom stereocenters. The van der Waals surface area contributed by atoms with Gasteiger partial charge < -0.3 is 0 Å². The molecule has 114 valence electrons. The Kier molecular flexibility index (Phi) is 3.76. The molecule has 1 aliphatic carbocycles. The number of alkyl halides is 1. The number of carbonyl (C=O) groups is 1. The molecule has 0 aliphatic heterocycles. The zero-order chi connectivity index (χ0) is 16.0. The molecule has 0 aromatic heterocycles. The van der Waals surface area contributed by atoms with Crippen LogP contribution in [-0.4, -0.2) is 10.1 Å². The first-order valence-corrected chi connectivity index (χ1v) is 8.51. The Labute approximate surface area is 140 Å². The predicted octanol–water partition coefficient (Wildman–Crippen LogP) is 5.24. The van der Waals surface area contributed by atoms with Gasteiger partial charge in [0.05, 0.1) is 4.32 Å². The maximum atomic E-state index is 13.1. The quantitative estimate of drug-likeness (QED) is 0.672. The van der Waals surface area contributed by atoms with Gasteiger partial charge in [-0.25, -0.2) is 0 Å². The molecule has 0 amide bonds. The van der Waals surface area contributed by atoms with Crippen LogP contribution in [0.3, 0.4) is 0 Å². The first kappa shape index (κ1) is 15.5. The highest BCUT2D eigenvalue weighted by molar-refractivity contribution is 9.10. The minimum Gasteiger partial charge on any atom is -0.293 e. The highest BCUT2D eigenvalue weighted by Gasteiger charge is 2.47. The normalized spacial score (nSPS) is 23.2. The molecular formula is C20H21BrO. The summed E-state index contributed by atoms with van der Waals surface area (Å²) < 4.78 is -0.517. The van der Waals surface area contributed by atoms with Crippen LogP contribution in [0.15, 0.2) is 48.5 Å². The second-order valence-electron chi connectivity index (χ2n) is 7.00. The van der Waals surface area contributed by atoms with Crippen molar-refractivity contribution in [3.05, 3.63) is 70.8 Å². The maximum absolute atomic E-state index is 13.1. The third-order valence-corrected chi connectivity index (χ3v) is 5.68. The van der Waals surface area contributed by atoms with Crippen molar-refractivity contribution in [1.29, 1.82) is 0 Å². The van der Waals surface area contributed by atoms with Gasteiger partial charge in [0, 0.05) is 5.56 Å². The summed E-state index contributed by atoms with van der Waals surface area (Å²) in [7, 11) is 0. The topological polar surface area (TPSA) is 17.1 Å². The maximum Gasteiger partial charge on any atom is 0.180 e. The van der Waals surface area contributed by atoms with Crippen molar-refractivity contribution in [3.63, 3.8) is 0 Å². The predicted molar refractivity (Wildman–Crippen MR) is 95.0 cm³/mol. The molecule has 1 aliphatic rings. The number of Topliss-reactive ketones (excluding diaryl/α,β-unsaturated/α-hetero) is 1. The fraction of sp³-hybridized carbons (Fsp3) is 0.350. The summed E-state index contributed by atoms with van der Waals surface area (Å²) in [5.74, 6) is 0.214. The third kappa shape index (κ3) is 2.54. The van der Waals surface area contributed by atoms with Crippen molar-refractivity contribution < 1.29 is 4.79 Å². The molecule has 0 bridgehead atoms. The largest absolute Gasteiger partial charge is 0.293 e. The van der Waals surface area contributed by atoms with Crippen LogP contribution in [0.25, 0.3) is 0 Å². The lowest BCUT2D eigenvalue weighted by Gasteiger charge is -2.42. The van der Waals surface area contributed by atoms with Gasteiger partial charge in [0.2, 0.25) is 0 Å². The average molecular weight is 357 g/mol. The highest BCUT2D eigenvalue weighted by Crippen LogP contribution is 2.47. The van der Waals surface area contributed by atoms with Crippen LogP contribution in [0, 0.1) is 6.92 Å². The van der Waals surface area contributed by atoms with Crippen LogP contribution < -0.4 is 0 Å². The lowest BCUT2D eigenvalue weighted by Crippen LogP contribution is -2.46. The van der Waals surface area contributed by atoms with E-state index in [-0.39, 0.29) is 11.2 Å². The van der Waals surface area contributed by atoms with Crippen molar-refractivity contribution in [2.24, 2.45) is 0 Å². The van der Waals surface area contributed by atoms with Gasteiger partial charge in [-0.3, -0.25) is 4.79 Å². The second-order valence-corrected chi connectivity index (χ2v) is 8.52. The van der Waals surface area contributed by atoms with Gasteiger partial charge in [0.15, 0.2) is 5.78 Å². The molecule has 0 heterocycles. The van der Waals surface area contributed by atoms with Gasteiger partial charge in [-0.05, 0) is 41.9 Å². The Bertz CT molecular complexity index is 732. The lowest BCUT2D eigenvalue weighted by molar-refractivity contribution is 0.0908. The SMILES string of the molecule is Cc1ccccc1CC1(Br)CC(C)(C)c2ccccc2C1=O. The number of halogens is 1. The van der Waals surface area contributed by atoms with E-state index >= 15 is 0 Å². The van der Waals surface area contributed by atoms with Crippen molar-refractivity contribution in [2.45, 2.75) is 43.4 Å². The van der Waals surface area contributed by atoms with E-state index in [0.29, 0.717) is 0 Å². The Morgan fingerprint density at radius 1 is 1.05 bits per heavy atom. The molecule has 0 fully saturated rings. The molecule has 22 heavy (non-hydrogen) atoms. The van der Waals surface area contributed by atoms with Crippen LogP contribution in [-0.2, 0) is 11.8 Å². The summed E-state index contributed by atoms with van der Waals surface area (Å²) in [5, 5.41) is 0. The standard InChI is InChI=1S/C20H21BrO/c1-14-8-4-5-9-15(14)12-20(21)13-19(2,3)17-11-7-6-10-16(17)18(20)22/h4-11H,12-13H2,1-3H3. The van der Waals surface area contributed by atoms with Crippen LogP contribution in [0.1, 0.15) is 47.3 Å². The summed E-state index contributed by atoms with van der Waals surface area (Å²) >= 11 is 3.83. The number of benzene rings is 2. The van der Waals surface area contributed by atoms with Crippen LogP contribution in [0.5, 0.6) is 0 Å². The van der Waals surface area contributed by atoms with Gasteiger partial charge in [0.1, 0.15) is 0 Å². The number of ketones is 1. The smallest absolute Gasteiger partial charge is 0.180 e. The molecule has 0 radical (unpaired) electrons. The van der Waals surface area contributed by atoms with Crippen molar-refractivity contribution in [2.75, 3.05) is 0 Å². The monoisotopic (exact) mass is 356 g/mol. The van der Waals surface area contributed by atoms with Crippen molar-refractivity contribution >= 4 is 21.7 Å². The van der Waals surface area contributed by atoms with E-state index in [4.69, 9.17) is 0 Å². The van der Waals surface area contributed by atoms with E-state index in [1.54, 1.807) is 0 Å². The van der Waals surface area contributed by atoms with E-state index in [2.05, 4.69) is 54.9 Å².